The SMILES string of the molecule is N#Cc1cc(Cl)c2[nH]ccc2n1. The first-order valence-corrected chi connectivity index (χ1v) is 3.73. The van der Waals surface area contributed by atoms with Gasteiger partial charge in [0.15, 0.2) is 0 Å². The molecule has 2 rings (SSSR count). The molecule has 3 nitrogen and oxygen atoms in total. The van der Waals surface area contributed by atoms with Crippen LogP contribution in [0.5, 0.6) is 0 Å². The highest BCUT2D eigenvalue weighted by molar-refractivity contribution is 6.34. The zero-order chi connectivity index (χ0) is 8.55. The molecule has 2 aromatic rings. The number of aromatic amines is 1. The summed E-state index contributed by atoms with van der Waals surface area (Å²) in [6, 6.07) is 5.26. The molecule has 0 saturated heterocycles. The molecule has 0 amide bonds. The van der Waals surface area contributed by atoms with Gasteiger partial charge in [0.05, 0.1) is 16.1 Å². The number of hydrogen-bond acceptors (Lipinski definition) is 2. The Balaban J connectivity index is 2.86. The van der Waals surface area contributed by atoms with Gasteiger partial charge in [-0.1, -0.05) is 11.6 Å². The van der Waals surface area contributed by atoms with Crippen molar-refractivity contribution < 1.29 is 0 Å². The Labute approximate surface area is 73.6 Å². The molecular formula is C8H4ClN3. The van der Waals surface area contributed by atoms with Crippen LogP contribution in [-0.4, -0.2) is 9.97 Å². The lowest BCUT2D eigenvalue weighted by Gasteiger charge is -1.93. The molecule has 0 aliphatic carbocycles. The Morgan fingerprint density at radius 3 is 3.17 bits per heavy atom. The molecule has 0 spiro atoms. The lowest BCUT2D eigenvalue weighted by Crippen LogP contribution is -1.82. The number of fused-ring (bicyclic) bond motifs is 1. The summed E-state index contributed by atoms with van der Waals surface area (Å²) in [5, 5.41) is 9.11. The third-order valence-corrected chi connectivity index (χ3v) is 1.88. The van der Waals surface area contributed by atoms with Crippen molar-refractivity contribution in [3.05, 3.63) is 29.0 Å². The van der Waals surface area contributed by atoms with Crippen molar-refractivity contribution in [2.75, 3.05) is 0 Å². The van der Waals surface area contributed by atoms with Crippen LogP contribution in [-0.2, 0) is 0 Å². The van der Waals surface area contributed by atoms with E-state index in [1.54, 1.807) is 18.3 Å². The van der Waals surface area contributed by atoms with Crippen molar-refractivity contribution in [3.63, 3.8) is 0 Å². The van der Waals surface area contributed by atoms with E-state index in [2.05, 4.69) is 9.97 Å². The first-order valence-electron chi connectivity index (χ1n) is 3.35. The van der Waals surface area contributed by atoms with Crippen LogP contribution >= 0.6 is 11.6 Å². The third kappa shape index (κ3) is 0.936. The predicted octanol–water partition coefficient (Wildman–Crippen LogP) is 2.09. The van der Waals surface area contributed by atoms with Crippen molar-refractivity contribution in [1.29, 1.82) is 5.26 Å². The van der Waals surface area contributed by atoms with E-state index in [0.29, 0.717) is 10.7 Å². The summed E-state index contributed by atoms with van der Waals surface area (Å²) in [5.74, 6) is 0. The van der Waals surface area contributed by atoms with Crippen LogP contribution in [0.25, 0.3) is 11.0 Å². The first-order chi connectivity index (χ1) is 5.81. The standard InChI is InChI=1S/C8H4ClN3/c9-6-3-5(4-10)12-7-1-2-11-8(6)7/h1-3,11H. The van der Waals surface area contributed by atoms with E-state index in [1.807, 2.05) is 6.07 Å². The monoisotopic (exact) mass is 177 g/mol. The molecule has 0 atom stereocenters. The number of rotatable bonds is 0. The van der Waals surface area contributed by atoms with Crippen LogP contribution in [0, 0.1) is 11.3 Å². The number of H-pyrrole nitrogens is 1. The highest BCUT2D eigenvalue weighted by Crippen LogP contribution is 2.20. The summed E-state index contributed by atoms with van der Waals surface area (Å²) >= 11 is 5.86. The fourth-order valence-corrected chi connectivity index (χ4v) is 1.31. The average Bonchev–Trinajstić information content (AvgIpc) is 2.52. The number of halogens is 1. The van der Waals surface area contributed by atoms with Crippen molar-refractivity contribution in [3.8, 4) is 6.07 Å². The van der Waals surface area contributed by atoms with Crippen molar-refractivity contribution in [2.45, 2.75) is 0 Å². The number of pyridine rings is 1. The van der Waals surface area contributed by atoms with Crippen molar-refractivity contribution >= 4 is 22.6 Å². The second kappa shape index (κ2) is 2.50. The summed E-state index contributed by atoms with van der Waals surface area (Å²) < 4.78 is 0. The lowest BCUT2D eigenvalue weighted by molar-refractivity contribution is 1.32. The number of hydrogen-bond donors (Lipinski definition) is 1. The van der Waals surface area contributed by atoms with Crippen LogP contribution in [0.15, 0.2) is 18.3 Å². The second-order valence-electron chi connectivity index (χ2n) is 2.34. The van der Waals surface area contributed by atoms with E-state index in [1.165, 1.54) is 0 Å². The molecule has 0 fully saturated rings. The van der Waals surface area contributed by atoms with Crippen molar-refractivity contribution in [2.24, 2.45) is 0 Å². The van der Waals surface area contributed by atoms with Gasteiger partial charge in [-0.15, -0.1) is 0 Å². The van der Waals surface area contributed by atoms with Gasteiger partial charge in [0.2, 0.25) is 0 Å². The highest BCUT2D eigenvalue weighted by atomic mass is 35.5. The molecule has 0 bridgehead atoms. The average molecular weight is 178 g/mol. The van der Waals surface area contributed by atoms with Crippen molar-refractivity contribution in [1.82, 2.24) is 9.97 Å². The van der Waals surface area contributed by atoms with E-state index >= 15 is 0 Å². The molecule has 2 aromatic heterocycles. The fourth-order valence-electron chi connectivity index (χ4n) is 1.06. The molecular weight excluding hydrogens is 174 g/mol. The molecule has 4 heteroatoms. The topological polar surface area (TPSA) is 52.5 Å². The molecule has 0 unspecified atom stereocenters. The van der Waals surface area contributed by atoms with Gasteiger partial charge in [0, 0.05) is 6.20 Å². The summed E-state index contributed by atoms with van der Waals surface area (Å²) in [4.78, 5) is 6.97. The zero-order valence-electron chi connectivity index (χ0n) is 6.00. The Morgan fingerprint density at radius 2 is 2.42 bits per heavy atom. The Morgan fingerprint density at radius 1 is 1.58 bits per heavy atom. The molecule has 58 valence electrons. The summed E-state index contributed by atoms with van der Waals surface area (Å²) in [6.07, 6.45) is 1.74. The van der Waals surface area contributed by atoms with Gasteiger partial charge < -0.3 is 4.98 Å². The van der Waals surface area contributed by atoms with Gasteiger partial charge >= 0.3 is 0 Å². The predicted molar refractivity (Wildman–Crippen MR) is 45.8 cm³/mol. The van der Waals surface area contributed by atoms with Crippen LogP contribution in [0.1, 0.15) is 5.69 Å². The first kappa shape index (κ1) is 7.14. The molecule has 0 aromatic carbocycles. The Bertz CT molecular complexity index is 467. The van der Waals surface area contributed by atoms with Gasteiger partial charge in [0.25, 0.3) is 0 Å². The Hall–Kier alpha value is -1.53. The molecule has 0 radical (unpaired) electrons. The maximum Gasteiger partial charge on any atom is 0.142 e. The van der Waals surface area contributed by atoms with E-state index in [4.69, 9.17) is 16.9 Å². The third-order valence-electron chi connectivity index (χ3n) is 1.58. The van der Waals surface area contributed by atoms with Gasteiger partial charge in [-0.2, -0.15) is 5.26 Å². The van der Waals surface area contributed by atoms with Gasteiger partial charge in [-0.3, -0.25) is 0 Å². The molecule has 0 aliphatic rings. The minimum atomic E-state index is 0.340. The minimum absolute atomic E-state index is 0.340. The van der Waals surface area contributed by atoms with Gasteiger partial charge in [-0.25, -0.2) is 4.98 Å². The molecule has 0 aliphatic heterocycles. The lowest BCUT2D eigenvalue weighted by atomic mass is 10.3. The maximum atomic E-state index is 8.58. The van der Waals surface area contributed by atoms with E-state index < -0.39 is 0 Å². The number of aromatic nitrogens is 2. The molecule has 2 heterocycles. The summed E-state index contributed by atoms with van der Waals surface area (Å²) in [7, 11) is 0. The zero-order valence-corrected chi connectivity index (χ0v) is 6.76. The van der Waals surface area contributed by atoms with Gasteiger partial charge in [-0.05, 0) is 12.1 Å². The van der Waals surface area contributed by atoms with Gasteiger partial charge in [0.1, 0.15) is 11.8 Å². The number of nitrogens with zero attached hydrogens (tertiary/aromatic N) is 2. The second-order valence-corrected chi connectivity index (χ2v) is 2.75. The van der Waals surface area contributed by atoms with Crippen LogP contribution in [0.3, 0.4) is 0 Å². The normalized spacial score (nSPS) is 10.0. The van der Waals surface area contributed by atoms with E-state index in [0.717, 1.165) is 11.0 Å². The minimum Gasteiger partial charge on any atom is -0.359 e. The fraction of sp³-hybridized carbons (Fsp3) is 0. The highest BCUT2D eigenvalue weighted by Gasteiger charge is 2.03. The van der Waals surface area contributed by atoms with E-state index in [9.17, 15) is 0 Å². The Kier molecular flexibility index (Phi) is 1.49. The summed E-state index contributed by atoms with van der Waals surface area (Å²) in [5.41, 5.74) is 1.84. The smallest absolute Gasteiger partial charge is 0.142 e. The van der Waals surface area contributed by atoms with Crippen LogP contribution < -0.4 is 0 Å². The quantitative estimate of drug-likeness (QED) is 0.670. The number of nitriles is 1. The molecule has 12 heavy (non-hydrogen) atoms. The maximum absolute atomic E-state index is 8.58. The molecule has 0 saturated carbocycles. The van der Waals surface area contributed by atoms with Crippen LogP contribution in [0.2, 0.25) is 5.02 Å². The summed E-state index contributed by atoms with van der Waals surface area (Å²) in [6.45, 7) is 0. The number of nitrogens with one attached hydrogen (secondary N) is 1. The largest absolute Gasteiger partial charge is 0.359 e. The molecule has 1 N–H and O–H groups in total. The van der Waals surface area contributed by atoms with Crippen LogP contribution in [0.4, 0.5) is 0 Å². The van der Waals surface area contributed by atoms with E-state index in [-0.39, 0.29) is 0 Å².